The van der Waals surface area contributed by atoms with Crippen LogP contribution < -0.4 is 5.32 Å². The fraction of sp³-hybridized carbons (Fsp3) is 0.625. The molecule has 1 aliphatic carbocycles. The van der Waals surface area contributed by atoms with Crippen molar-refractivity contribution in [3.63, 3.8) is 0 Å². The fourth-order valence-electron chi connectivity index (χ4n) is 3.21. The average molecular weight is 320 g/mol. The van der Waals surface area contributed by atoms with Crippen molar-refractivity contribution in [1.82, 2.24) is 0 Å². The maximum Gasteiger partial charge on any atom is 0.416 e. The Morgan fingerprint density at radius 2 is 1.90 bits per heavy atom. The first-order chi connectivity index (χ1) is 9.57. The number of halogens is 4. The third-order valence-corrected chi connectivity index (χ3v) is 4.49. The molecule has 5 heteroatoms. The third kappa shape index (κ3) is 4.29. The van der Waals surface area contributed by atoms with Crippen LogP contribution in [0.3, 0.4) is 0 Å². The number of hydrogen-bond acceptors (Lipinski definition) is 1. The molecule has 1 aromatic carbocycles. The molecule has 1 aliphatic rings. The zero-order chi connectivity index (χ0) is 15.8. The first-order valence-electron chi connectivity index (χ1n) is 7.21. The predicted octanol–water partition coefficient (Wildman–Crippen LogP) is 5.99. The van der Waals surface area contributed by atoms with E-state index < -0.39 is 11.7 Å². The minimum absolute atomic E-state index is 0.108. The van der Waals surface area contributed by atoms with Crippen LogP contribution in [0, 0.1) is 11.3 Å². The minimum Gasteiger partial charge on any atom is -0.382 e. The lowest BCUT2D eigenvalue weighted by Gasteiger charge is -2.40. The van der Waals surface area contributed by atoms with Crippen molar-refractivity contribution in [1.29, 1.82) is 0 Å². The second kappa shape index (κ2) is 5.71. The minimum atomic E-state index is -4.37. The number of rotatable bonds is 2. The largest absolute Gasteiger partial charge is 0.416 e. The van der Waals surface area contributed by atoms with E-state index in [4.69, 9.17) is 11.6 Å². The molecule has 1 saturated carbocycles. The summed E-state index contributed by atoms with van der Waals surface area (Å²) in [5.41, 5.74) is 0.0518. The van der Waals surface area contributed by atoms with Gasteiger partial charge in [0, 0.05) is 16.8 Å². The van der Waals surface area contributed by atoms with Crippen LogP contribution in [-0.4, -0.2) is 6.04 Å². The molecule has 1 aromatic rings. The first kappa shape index (κ1) is 16.5. The molecule has 2 rings (SSSR count). The Hall–Kier alpha value is -0.900. The smallest absolute Gasteiger partial charge is 0.382 e. The van der Waals surface area contributed by atoms with E-state index in [0.29, 0.717) is 17.0 Å². The molecule has 0 saturated heterocycles. The van der Waals surface area contributed by atoms with Gasteiger partial charge in [-0.05, 0) is 48.8 Å². The summed E-state index contributed by atoms with van der Waals surface area (Å²) < 4.78 is 38.5. The van der Waals surface area contributed by atoms with Crippen LogP contribution in [0.15, 0.2) is 18.2 Å². The van der Waals surface area contributed by atoms with Crippen LogP contribution in [-0.2, 0) is 6.18 Å². The highest BCUT2D eigenvalue weighted by Crippen LogP contribution is 2.40. The molecule has 0 aromatic heterocycles. The van der Waals surface area contributed by atoms with Crippen LogP contribution in [0.1, 0.15) is 45.6 Å². The van der Waals surface area contributed by atoms with Gasteiger partial charge in [0.1, 0.15) is 0 Å². The highest BCUT2D eigenvalue weighted by molar-refractivity contribution is 6.30. The molecule has 118 valence electrons. The summed E-state index contributed by atoms with van der Waals surface area (Å²) in [5, 5.41) is 3.34. The van der Waals surface area contributed by atoms with Gasteiger partial charge in [-0.3, -0.25) is 0 Å². The normalized spacial score (nSPS) is 25.7. The molecule has 1 nitrogen and oxygen atoms in total. The van der Waals surface area contributed by atoms with Gasteiger partial charge in [-0.25, -0.2) is 0 Å². The summed E-state index contributed by atoms with van der Waals surface area (Å²) in [6.07, 6.45) is -1.28. The number of nitrogens with one attached hydrogen (secondary N) is 1. The van der Waals surface area contributed by atoms with Gasteiger partial charge >= 0.3 is 6.18 Å². The van der Waals surface area contributed by atoms with E-state index in [0.717, 1.165) is 31.4 Å². The van der Waals surface area contributed by atoms with E-state index in [2.05, 4.69) is 26.1 Å². The van der Waals surface area contributed by atoms with E-state index in [1.807, 2.05) is 0 Å². The first-order valence-corrected chi connectivity index (χ1v) is 7.59. The van der Waals surface area contributed by atoms with Crippen LogP contribution in [0.4, 0.5) is 18.9 Å². The third-order valence-electron chi connectivity index (χ3n) is 4.27. The van der Waals surface area contributed by atoms with Crippen molar-refractivity contribution >= 4 is 17.3 Å². The van der Waals surface area contributed by atoms with Gasteiger partial charge in [0.2, 0.25) is 0 Å². The van der Waals surface area contributed by atoms with Crippen molar-refractivity contribution in [2.75, 3.05) is 5.32 Å². The summed E-state index contributed by atoms with van der Waals surface area (Å²) >= 11 is 5.82. The quantitative estimate of drug-likeness (QED) is 0.706. The van der Waals surface area contributed by atoms with E-state index >= 15 is 0 Å². The molecule has 2 unspecified atom stereocenters. The van der Waals surface area contributed by atoms with Crippen LogP contribution in [0.5, 0.6) is 0 Å². The Kier molecular flexibility index (Phi) is 4.48. The van der Waals surface area contributed by atoms with Crippen molar-refractivity contribution in [2.24, 2.45) is 11.3 Å². The fourth-order valence-corrected chi connectivity index (χ4v) is 3.45. The number of anilines is 1. The molecule has 2 atom stereocenters. The van der Waals surface area contributed by atoms with E-state index in [-0.39, 0.29) is 11.1 Å². The maximum absolute atomic E-state index is 12.8. The number of alkyl halides is 3. The Bertz CT molecular complexity index is 511. The maximum atomic E-state index is 12.8. The standard InChI is InChI=1S/C16H21ClF3N/c1-10-9-15(2,3)5-4-14(10)21-13-7-11(16(18,19)20)6-12(17)8-13/h6-8,10,14,21H,4-5,9H2,1-3H3. The molecule has 1 fully saturated rings. The van der Waals surface area contributed by atoms with E-state index in [1.54, 1.807) is 6.07 Å². The second-order valence-corrected chi connectivity index (χ2v) is 7.30. The molecule has 0 aliphatic heterocycles. The predicted molar refractivity (Wildman–Crippen MR) is 80.7 cm³/mol. The van der Waals surface area contributed by atoms with Gasteiger partial charge in [-0.2, -0.15) is 13.2 Å². The molecular formula is C16H21ClF3N. The highest BCUT2D eigenvalue weighted by atomic mass is 35.5. The molecule has 0 bridgehead atoms. The zero-order valence-electron chi connectivity index (χ0n) is 12.5. The van der Waals surface area contributed by atoms with Crippen molar-refractivity contribution in [3.8, 4) is 0 Å². The zero-order valence-corrected chi connectivity index (χ0v) is 13.3. The Labute approximate surface area is 128 Å². The second-order valence-electron chi connectivity index (χ2n) is 6.86. The average Bonchev–Trinajstić information content (AvgIpc) is 2.30. The van der Waals surface area contributed by atoms with Gasteiger partial charge in [0.05, 0.1) is 5.56 Å². The molecule has 1 N–H and O–H groups in total. The van der Waals surface area contributed by atoms with E-state index in [1.165, 1.54) is 0 Å². The summed E-state index contributed by atoms with van der Waals surface area (Å²) in [6, 6.07) is 3.85. The van der Waals surface area contributed by atoms with Gasteiger partial charge in [-0.1, -0.05) is 32.4 Å². The Morgan fingerprint density at radius 1 is 1.24 bits per heavy atom. The van der Waals surface area contributed by atoms with Gasteiger partial charge in [0.25, 0.3) is 0 Å². The summed E-state index contributed by atoms with van der Waals surface area (Å²) in [6.45, 7) is 6.62. The van der Waals surface area contributed by atoms with Gasteiger partial charge in [0.15, 0.2) is 0 Å². The topological polar surface area (TPSA) is 12.0 Å². The SMILES string of the molecule is CC1CC(C)(C)CCC1Nc1cc(Cl)cc(C(F)(F)F)c1. The lowest BCUT2D eigenvalue weighted by atomic mass is 9.70. The monoisotopic (exact) mass is 319 g/mol. The molecule has 0 radical (unpaired) electrons. The molecule has 0 amide bonds. The molecule has 21 heavy (non-hydrogen) atoms. The van der Waals surface area contributed by atoms with Crippen molar-refractivity contribution in [3.05, 3.63) is 28.8 Å². The van der Waals surface area contributed by atoms with Crippen LogP contribution in [0.2, 0.25) is 5.02 Å². The summed E-state index contributed by atoms with van der Waals surface area (Å²) in [7, 11) is 0. The number of hydrogen-bond donors (Lipinski definition) is 1. The van der Waals surface area contributed by atoms with Crippen molar-refractivity contribution < 1.29 is 13.2 Å². The van der Waals surface area contributed by atoms with Crippen LogP contribution >= 0.6 is 11.6 Å². The molecule has 0 spiro atoms. The Balaban J connectivity index is 2.15. The highest BCUT2D eigenvalue weighted by Gasteiger charge is 2.34. The van der Waals surface area contributed by atoms with E-state index in [9.17, 15) is 13.2 Å². The van der Waals surface area contributed by atoms with Crippen LogP contribution in [0.25, 0.3) is 0 Å². The van der Waals surface area contributed by atoms with Gasteiger partial charge < -0.3 is 5.32 Å². The summed E-state index contributed by atoms with van der Waals surface area (Å²) in [5.74, 6) is 0.419. The molecular weight excluding hydrogens is 299 g/mol. The summed E-state index contributed by atoms with van der Waals surface area (Å²) in [4.78, 5) is 0. The van der Waals surface area contributed by atoms with Gasteiger partial charge in [-0.15, -0.1) is 0 Å². The van der Waals surface area contributed by atoms with Crippen molar-refractivity contribution in [2.45, 2.75) is 52.3 Å². The number of benzene rings is 1. The Morgan fingerprint density at radius 3 is 2.48 bits per heavy atom. The molecule has 0 heterocycles. The lowest BCUT2D eigenvalue weighted by Crippen LogP contribution is -2.36. The lowest BCUT2D eigenvalue weighted by molar-refractivity contribution is -0.137.